The monoisotopic (exact) mass is 124 g/mol. The maximum Gasteiger partial charge on any atom is 0.00811 e. The van der Waals surface area contributed by atoms with Gasteiger partial charge in [-0.2, -0.15) is 0 Å². The number of hydrogen-bond donors (Lipinski definition) is 1. The molecule has 8 heavy (non-hydrogen) atoms. The topological polar surface area (TPSA) is 0 Å². The van der Waals surface area contributed by atoms with E-state index in [1.165, 1.54) is 11.3 Å². The van der Waals surface area contributed by atoms with Crippen molar-refractivity contribution in [1.82, 2.24) is 0 Å². The molecule has 0 fully saturated rings. The van der Waals surface area contributed by atoms with Crippen LogP contribution in [-0.4, -0.2) is 0 Å². The highest BCUT2D eigenvalue weighted by Crippen LogP contribution is 2.39. The molecule has 2 bridgehead atoms. The van der Waals surface area contributed by atoms with E-state index in [1.54, 1.807) is 0 Å². The van der Waals surface area contributed by atoms with Crippen molar-refractivity contribution < 1.29 is 0 Å². The summed E-state index contributed by atoms with van der Waals surface area (Å²) >= 11 is 4.31. The molecule has 0 heterocycles. The van der Waals surface area contributed by atoms with Gasteiger partial charge in [0.05, 0.1) is 0 Å². The average molecular weight is 124 g/mol. The molecule has 2 aliphatic rings. The van der Waals surface area contributed by atoms with E-state index in [0.29, 0.717) is 5.92 Å². The molecule has 0 aromatic heterocycles. The van der Waals surface area contributed by atoms with Gasteiger partial charge in [0.2, 0.25) is 0 Å². The van der Waals surface area contributed by atoms with Crippen molar-refractivity contribution in [3.63, 3.8) is 0 Å². The van der Waals surface area contributed by atoms with Crippen molar-refractivity contribution >= 4 is 12.6 Å². The molecule has 0 saturated heterocycles. The summed E-state index contributed by atoms with van der Waals surface area (Å²) in [5.74, 6) is 1.41. The standard InChI is InChI=1S/C7H8S/c8-7-4-5-1-2-6(7)3-5/h1-2,4-6,8H,3H2. The molecule has 0 aromatic carbocycles. The second-order valence-corrected chi connectivity index (χ2v) is 3.00. The van der Waals surface area contributed by atoms with Gasteiger partial charge in [-0.1, -0.05) is 18.2 Å². The first-order valence-electron chi connectivity index (χ1n) is 2.95. The zero-order chi connectivity index (χ0) is 5.56. The van der Waals surface area contributed by atoms with E-state index in [-0.39, 0.29) is 0 Å². The first kappa shape index (κ1) is 4.68. The van der Waals surface area contributed by atoms with Gasteiger partial charge in [0, 0.05) is 5.92 Å². The Morgan fingerprint density at radius 1 is 1.50 bits per heavy atom. The largest absolute Gasteiger partial charge is 0.148 e. The fourth-order valence-electron chi connectivity index (χ4n) is 1.41. The third-order valence-electron chi connectivity index (χ3n) is 1.88. The van der Waals surface area contributed by atoms with Gasteiger partial charge in [0.15, 0.2) is 0 Å². The van der Waals surface area contributed by atoms with E-state index in [0.717, 1.165) is 5.92 Å². The van der Waals surface area contributed by atoms with Crippen LogP contribution in [0, 0.1) is 11.8 Å². The number of fused-ring (bicyclic) bond motifs is 2. The Balaban J connectivity index is 2.36. The normalized spacial score (nSPS) is 40.9. The minimum absolute atomic E-state index is 0.684. The summed E-state index contributed by atoms with van der Waals surface area (Å²) in [4.78, 5) is 1.28. The molecule has 0 radical (unpaired) electrons. The van der Waals surface area contributed by atoms with E-state index in [4.69, 9.17) is 0 Å². The van der Waals surface area contributed by atoms with Crippen LogP contribution in [0.1, 0.15) is 6.42 Å². The van der Waals surface area contributed by atoms with Crippen molar-refractivity contribution in [1.29, 1.82) is 0 Å². The van der Waals surface area contributed by atoms with Gasteiger partial charge in [-0.3, -0.25) is 0 Å². The molecular formula is C7H8S. The number of thiol groups is 1. The van der Waals surface area contributed by atoms with Crippen molar-refractivity contribution in [2.45, 2.75) is 6.42 Å². The van der Waals surface area contributed by atoms with Crippen LogP contribution in [0.2, 0.25) is 0 Å². The van der Waals surface area contributed by atoms with Gasteiger partial charge >= 0.3 is 0 Å². The van der Waals surface area contributed by atoms with Crippen molar-refractivity contribution in [2.24, 2.45) is 11.8 Å². The zero-order valence-corrected chi connectivity index (χ0v) is 5.44. The van der Waals surface area contributed by atoms with Crippen LogP contribution in [0.4, 0.5) is 0 Å². The summed E-state index contributed by atoms with van der Waals surface area (Å²) in [6.45, 7) is 0. The van der Waals surface area contributed by atoms with Gasteiger partial charge < -0.3 is 0 Å². The second-order valence-electron chi connectivity index (χ2n) is 2.48. The third kappa shape index (κ3) is 0.480. The molecule has 0 aliphatic heterocycles. The lowest BCUT2D eigenvalue weighted by molar-refractivity contribution is 0.728. The molecule has 1 heteroatoms. The van der Waals surface area contributed by atoms with Gasteiger partial charge in [0.1, 0.15) is 0 Å². The molecule has 0 aromatic rings. The van der Waals surface area contributed by atoms with Crippen LogP contribution in [-0.2, 0) is 0 Å². The molecule has 2 atom stereocenters. The Kier molecular flexibility index (Phi) is 0.826. The summed E-state index contributed by atoms with van der Waals surface area (Å²) in [5.41, 5.74) is 0. The maximum absolute atomic E-state index is 4.31. The first-order valence-corrected chi connectivity index (χ1v) is 3.40. The van der Waals surface area contributed by atoms with Crippen LogP contribution in [0.3, 0.4) is 0 Å². The SMILES string of the molecule is SC1=CC2C=CC1C2. The van der Waals surface area contributed by atoms with Crippen LogP contribution < -0.4 is 0 Å². The minimum Gasteiger partial charge on any atom is -0.148 e. The van der Waals surface area contributed by atoms with Gasteiger partial charge in [0.25, 0.3) is 0 Å². The van der Waals surface area contributed by atoms with E-state index >= 15 is 0 Å². The maximum atomic E-state index is 4.31. The highest BCUT2D eigenvalue weighted by atomic mass is 32.1. The Bertz CT molecular complexity index is 167. The first-order chi connectivity index (χ1) is 3.86. The van der Waals surface area contributed by atoms with Crippen molar-refractivity contribution in [2.75, 3.05) is 0 Å². The predicted molar refractivity (Wildman–Crippen MR) is 37.8 cm³/mol. The van der Waals surface area contributed by atoms with Crippen molar-refractivity contribution in [3.8, 4) is 0 Å². The highest BCUT2D eigenvalue weighted by Gasteiger charge is 2.25. The number of hydrogen-bond acceptors (Lipinski definition) is 1. The van der Waals surface area contributed by atoms with Gasteiger partial charge in [-0.05, 0) is 17.2 Å². The quantitative estimate of drug-likeness (QED) is 0.370. The lowest BCUT2D eigenvalue weighted by Crippen LogP contribution is -1.83. The Morgan fingerprint density at radius 2 is 2.38 bits per heavy atom. The van der Waals surface area contributed by atoms with Crippen LogP contribution in [0.5, 0.6) is 0 Å². The molecule has 2 unspecified atom stereocenters. The number of rotatable bonds is 0. The molecule has 0 N–H and O–H groups in total. The zero-order valence-electron chi connectivity index (χ0n) is 4.54. The second kappa shape index (κ2) is 1.41. The highest BCUT2D eigenvalue weighted by molar-refractivity contribution is 7.84. The molecule has 2 aliphatic carbocycles. The molecule has 0 spiro atoms. The van der Waals surface area contributed by atoms with E-state index in [2.05, 4.69) is 30.9 Å². The van der Waals surface area contributed by atoms with Crippen molar-refractivity contribution in [3.05, 3.63) is 23.1 Å². The summed E-state index contributed by atoms with van der Waals surface area (Å²) in [6.07, 6.45) is 8.06. The van der Waals surface area contributed by atoms with Gasteiger partial charge in [-0.15, -0.1) is 12.6 Å². The molecule has 0 nitrogen and oxygen atoms in total. The molecular weight excluding hydrogens is 116 g/mol. The summed E-state index contributed by atoms with van der Waals surface area (Å²) in [7, 11) is 0. The minimum atomic E-state index is 0.684. The lowest BCUT2D eigenvalue weighted by atomic mass is 10.2. The van der Waals surface area contributed by atoms with E-state index < -0.39 is 0 Å². The van der Waals surface area contributed by atoms with Gasteiger partial charge in [-0.25, -0.2) is 0 Å². The van der Waals surface area contributed by atoms with Crippen LogP contribution in [0.25, 0.3) is 0 Å². The Labute approximate surface area is 54.7 Å². The summed E-state index contributed by atoms with van der Waals surface area (Å²) in [6, 6.07) is 0. The summed E-state index contributed by atoms with van der Waals surface area (Å²) in [5, 5.41) is 0. The average Bonchev–Trinajstić information content (AvgIpc) is 2.23. The van der Waals surface area contributed by atoms with Crippen LogP contribution >= 0.6 is 12.6 Å². The molecule has 0 saturated carbocycles. The third-order valence-corrected chi connectivity index (χ3v) is 2.36. The number of allylic oxidation sites excluding steroid dienone is 4. The Hall–Kier alpha value is -0.170. The van der Waals surface area contributed by atoms with E-state index in [1.807, 2.05) is 0 Å². The smallest absolute Gasteiger partial charge is 0.00811 e. The fraction of sp³-hybridized carbons (Fsp3) is 0.429. The lowest BCUT2D eigenvalue weighted by Gasteiger charge is -1.98. The van der Waals surface area contributed by atoms with Crippen LogP contribution in [0.15, 0.2) is 23.1 Å². The predicted octanol–water partition coefficient (Wildman–Crippen LogP) is 2.01. The molecule has 2 rings (SSSR count). The fourth-order valence-corrected chi connectivity index (χ4v) is 1.80. The van der Waals surface area contributed by atoms with E-state index in [9.17, 15) is 0 Å². The molecule has 0 amide bonds. The Morgan fingerprint density at radius 3 is 2.62 bits per heavy atom. The summed E-state index contributed by atoms with van der Waals surface area (Å²) < 4.78 is 0. The molecule has 42 valence electrons.